The normalized spacial score (nSPS) is 14.2. The minimum Gasteiger partial charge on any atom is -0.507 e. The Morgan fingerprint density at radius 3 is 2.23 bits per heavy atom. The summed E-state index contributed by atoms with van der Waals surface area (Å²) in [6.07, 6.45) is 1.72. The van der Waals surface area contributed by atoms with Crippen LogP contribution in [0.15, 0.2) is 48.7 Å². The molecule has 1 aliphatic heterocycles. The van der Waals surface area contributed by atoms with E-state index in [1.807, 2.05) is 43.7 Å². The maximum absolute atomic E-state index is 13.7. The van der Waals surface area contributed by atoms with Crippen LogP contribution in [0.25, 0.3) is 21.6 Å². The van der Waals surface area contributed by atoms with Gasteiger partial charge < -0.3 is 14.9 Å². The van der Waals surface area contributed by atoms with E-state index in [-0.39, 0.29) is 29.2 Å². The van der Waals surface area contributed by atoms with E-state index in [2.05, 4.69) is 5.10 Å². The summed E-state index contributed by atoms with van der Waals surface area (Å²) in [5, 5.41) is 15.3. The van der Waals surface area contributed by atoms with Gasteiger partial charge in [-0.15, -0.1) is 11.3 Å². The highest BCUT2D eigenvalue weighted by atomic mass is 32.1. The van der Waals surface area contributed by atoms with E-state index >= 15 is 0 Å². The number of benzene rings is 1. The van der Waals surface area contributed by atoms with Crippen molar-refractivity contribution in [3.8, 4) is 16.3 Å². The number of amides is 2. The number of fused-ring (bicyclic) bond motifs is 1. The summed E-state index contributed by atoms with van der Waals surface area (Å²) in [5.41, 5.74) is 2.30. The third-order valence-electron chi connectivity index (χ3n) is 6.27. The lowest BCUT2D eigenvalue weighted by Crippen LogP contribution is -2.50. The van der Waals surface area contributed by atoms with E-state index in [1.54, 1.807) is 45.5 Å². The first-order valence-electron chi connectivity index (χ1n) is 11.6. The van der Waals surface area contributed by atoms with Crippen LogP contribution in [0.2, 0.25) is 0 Å². The van der Waals surface area contributed by atoms with Crippen LogP contribution in [0, 0.1) is 6.92 Å². The molecule has 2 amide bonds. The quantitative estimate of drug-likeness (QED) is 0.460. The van der Waals surface area contributed by atoms with Gasteiger partial charge in [-0.1, -0.05) is 12.1 Å². The number of piperazine rings is 1. The van der Waals surface area contributed by atoms with Gasteiger partial charge in [-0.2, -0.15) is 5.10 Å². The lowest BCUT2D eigenvalue weighted by Gasteiger charge is -2.35. The maximum Gasteiger partial charge on any atom is 0.257 e. The molecule has 35 heavy (non-hydrogen) atoms. The van der Waals surface area contributed by atoms with Crippen molar-refractivity contribution in [1.29, 1.82) is 0 Å². The largest absolute Gasteiger partial charge is 0.507 e. The van der Waals surface area contributed by atoms with E-state index in [0.29, 0.717) is 37.4 Å². The summed E-state index contributed by atoms with van der Waals surface area (Å²) < 4.78 is 1.85. The van der Waals surface area contributed by atoms with E-state index in [0.717, 1.165) is 16.0 Å². The number of hydrogen-bond donors (Lipinski definition) is 1. The average molecular weight is 490 g/mol. The van der Waals surface area contributed by atoms with Crippen LogP contribution < -0.4 is 0 Å². The molecule has 8 nitrogen and oxygen atoms in total. The molecule has 1 saturated heterocycles. The molecule has 9 heteroatoms. The van der Waals surface area contributed by atoms with Crippen molar-refractivity contribution >= 4 is 34.2 Å². The van der Waals surface area contributed by atoms with E-state index in [4.69, 9.17) is 4.98 Å². The first-order chi connectivity index (χ1) is 16.8. The highest BCUT2D eigenvalue weighted by molar-refractivity contribution is 7.15. The summed E-state index contributed by atoms with van der Waals surface area (Å²) in [6, 6.07) is 12.6. The van der Waals surface area contributed by atoms with Gasteiger partial charge in [-0.05, 0) is 51.1 Å². The van der Waals surface area contributed by atoms with Crippen LogP contribution in [0.5, 0.6) is 5.75 Å². The number of carbonyl (C=O) groups is 2. The minimum absolute atomic E-state index is 0.0336. The Bertz CT molecular complexity index is 1420. The van der Waals surface area contributed by atoms with Gasteiger partial charge in [0.2, 0.25) is 0 Å². The molecule has 4 heterocycles. The standard InChI is InChI=1S/C26H27N5O3S/c1-16(2)31-24-20(15-27-31)19(14-21(28-24)23-9-8-17(3)35-23)26(34)30-12-10-29(11-13-30)25(33)18-6-4-5-7-22(18)32/h4-9,14-16,32H,10-13H2,1-3H3. The molecule has 5 rings (SSSR count). The Balaban J connectivity index is 1.43. The van der Waals surface area contributed by atoms with Gasteiger partial charge in [0.15, 0.2) is 5.65 Å². The SMILES string of the molecule is Cc1ccc(-c2cc(C(=O)N3CCN(C(=O)c4ccccc4O)CC3)c3cnn(C(C)C)c3n2)s1. The second-order valence-corrected chi connectivity index (χ2v) is 10.3. The van der Waals surface area contributed by atoms with E-state index in [9.17, 15) is 14.7 Å². The van der Waals surface area contributed by atoms with Crippen molar-refractivity contribution in [2.45, 2.75) is 26.8 Å². The number of nitrogens with zero attached hydrogens (tertiary/aromatic N) is 5. The molecule has 0 radical (unpaired) electrons. The van der Waals surface area contributed by atoms with Crippen LogP contribution in [0.4, 0.5) is 0 Å². The van der Waals surface area contributed by atoms with Crippen LogP contribution in [-0.2, 0) is 0 Å². The Kier molecular flexibility index (Phi) is 6.02. The Labute approximate surface area is 207 Å². The summed E-state index contributed by atoms with van der Waals surface area (Å²) in [6.45, 7) is 7.75. The molecule has 1 N–H and O–H groups in total. The van der Waals surface area contributed by atoms with Crippen molar-refractivity contribution in [3.05, 3.63) is 64.7 Å². The molecule has 0 unspecified atom stereocenters. The number of pyridine rings is 1. The molecular weight excluding hydrogens is 462 g/mol. The second kappa shape index (κ2) is 9.14. The first-order valence-corrected chi connectivity index (χ1v) is 12.5. The van der Waals surface area contributed by atoms with Gasteiger partial charge in [-0.3, -0.25) is 9.59 Å². The van der Waals surface area contributed by atoms with Gasteiger partial charge in [0.05, 0.1) is 33.3 Å². The number of aryl methyl sites for hydroxylation is 1. The molecular formula is C26H27N5O3S. The lowest BCUT2D eigenvalue weighted by atomic mass is 10.1. The van der Waals surface area contributed by atoms with E-state index < -0.39 is 0 Å². The number of phenolic OH excluding ortho intramolecular Hbond substituents is 1. The fourth-order valence-electron chi connectivity index (χ4n) is 4.38. The Morgan fingerprint density at radius 1 is 0.971 bits per heavy atom. The van der Waals surface area contributed by atoms with Crippen LogP contribution >= 0.6 is 11.3 Å². The number of carbonyl (C=O) groups excluding carboxylic acids is 2. The summed E-state index contributed by atoms with van der Waals surface area (Å²) >= 11 is 1.64. The summed E-state index contributed by atoms with van der Waals surface area (Å²) in [7, 11) is 0. The molecule has 1 fully saturated rings. The lowest BCUT2D eigenvalue weighted by molar-refractivity contribution is 0.0534. The third kappa shape index (κ3) is 4.27. The molecule has 0 saturated carbocycles. The Morgan fingerprint density at radius 2 is 1.63 bits per heavy atom. The second-order valence-electron chi connectivity index (χ2n) is 8.99. The Hall–Kier alpha value is -3.72. The number of thiophene rings is 1. The molecule has 0 spiro atoms. The number of rotatable bonds is 4. The van der Waals surface area contributed by atoms with Crippen molar-refractivity contribution in [3.63, 3.8) is 0 Å². The monoisotopic (exact) mass is 489 g/mol. The van der Waals surface area contributed by atoms with Gasteiger partial charge in [0, 0.05) is 37.1 Å². The zero-order chi connectivity index (χ0) is 24.7. The maximum atomic E-state index is 13.7. The summed E-state index contributed by atoms with van der Waals surface area (Å²) in [4.78, 5) is 37.1. The first kappa shape index (κ1) is 23.0. The van der Waals surface area contributed by atoms with Gasteiger partial charge in [0.1, 0.15) is 5.75 Å². The number of para-hydroxylation sites is 1. The predicted molar refractivity (Wildman–Crippen MR) is 136 cm³/mol. The van der Waals surface area contributed by atoms with Crippen LogP contribution in [-0.4, -0.2) is 67.7 Å². The van der Waals surface area contributed by atoms with E-state index in [1.165, 1.54) is 10.9 Å². The van der Waals surface area contributed by atoms with Crippen molar-refractivity contribution in [1.82, 2.24) is 24.6 Å². The number of hydrogen-bond acceptors (Lipinski definition) is 6. The molecule has 180 valence electrons. The zero-order valence-electron chi connectivity index (χ0n) is 19.9. The van der Waals surface area contributed by atoms with Gasteiger partial charge in [0.25, 0.3) is 11.8 Å². The molecule has 0 bridgehead atoms. The van der Waals surface area contributed by atoms with Crippen molar-refractivity contribution in [2.24, 2.45) is 0 Å². The topological polar surface area (TPSA) is 91.6 Å². The molecule has 4 aromatic rings. The van der Waals surface area contributed by atoms with Crippen LogP contribution in [0.1, 0.15) is 45.5 Å². The average Bonchev–Trinajstić information content (AvgIpc) is 3.49. The fourth-order valence-corrected chi connectivity index (χ4v) is 5.21. The van der Waals surface area contributed by atoms with Crippen LogP contribution in [0.3, 0.4) is 0 Å². The fraction of sp³-hybridized carbons (Fsp3) is 0.308. The van der Waals surface area contributed by atoms with Crippen molar-refractivity contribution < 1.29 is 14.7 Å². The zero-order valence-corrected chi connectivity index (χ0v) is 20.7. The van der Waals surface area contributed by atoms with Crippen molar-refractivity contribution in [2.75, 3.05) is 26.2 Å². The predicted octanol–water partition coefficient (Wildman–Crippen LogP) is 4.35. The van der Waals surface area contributed by atoms with Gasteiger partial charge in [-0.25, -0.2) is 9.67 Å². The number of aromatic nitrogens is 3. The van der Waals surface area contributed by atoms with Gasteiger partial charge >= 0.3 is 0 Å². The highest BCUT2D eigenvalue weighted by Crippen LogP contribution is 2.31. The number of phenols is 1. The summed E-state index contributed by atoms with van der Waals surface area (Å²) in [5.74, 6) is -0.353. The highest BCUT2D eigenvalue weighted by Gasteiger charge is 2.28. The molecule has 0 aliphatic carbocycles. The molecule has 0 atom stereocenters. The number of aromatic hydroxyl groups is 1. The molecule has 1 aliphatic rings. The minimum atomic E-state index is -0.227. The molecule has 3 aromatic heterocycles. The third-order valence-corrected chi connectivity index (χ3v) is 7.29. The molecule has 1 aromatic carbocycles. The smallest absolute Gasteiger partial charge is 0.257 e.